The molecular weight excluding hydrogens is 348 g/mol. The van der Waals surface area contributed by atoms with Gasteiger partial charge in [0, 0.05) is 10.0 Å². The summed E-state index contributed by atoms with van der Waals surface area (Å²) in [4.78, 5) is 11.9. The number of hydrogen-bond acceptors (Lipinski definition) is 4. The van der Waals surface area contributed by atoms with Crippen LogP contribution in [0.2, 0.25) is 0 Å². The molecule has 1 heterocycles. The van der Waals surface area contributed by atoms with Gasteiger partial charge in [0.15, 0.2) is 17.6 Å². The number of fused-ring (bicyclic) bond motifs is 1. The van der Waals surface area contributed by atoms with Gasteiger partial charge in [0.1, 0.15) is 0 Å². The third kappa shape index (κ3) is 2.68. The Labute approximate surface area is 137 Å². The quantitative estimate of drug-likeness (QED) is 0.781. The summed E-state index contributed by atoms with van der Waals surface area (Å²) in [6, 6.07) is 11.5. The molecule has 0 unspecified atom stereocenters. The maximum Gasteiger partial charge on any atom is 0.311 e. The fraction of sp³-hybridized carbons (Fsp3) is 0.235. The summed E-state index contributed by atoms with van der Waals surface area (Å²) < 4.78 is 17.2. The van der Waals surface area contributed by atoms with Crippen LogP contribution in [0.25, 0.3) is 0 Å². The maximum atomic E-state index is 11.9. The van der Waals surface area contributed by atoms with E-state index in [0.29, 0.717) is 11.5 Å². The zero-order valence-corrected chi connectivity index (χ0v) is 13.8. The summed E-state index contributed by atoms with van der Waals surface area (Å²) in [5, 5.41) is 0. The first-order valence-corrected chi connectivity index (χ1v) is 7.61. The van der Waals surface area contributed by atoms with Gasteiger partial charge >= 0.3 is 5.97 Å². The largest absolute Gasteiger partial charge is 0.493 e. The molecular formula is C17H15BrO4. The third-order valence-corrected chi connectivity index (χ3v) is 4.21. The molecule has 114 valence electrons. The number of carbonyl (C=O) groups is 1. The summed E-state index contributed by atoms with van der Waals surface area (Å²) in [5.74, 6) is 0.999. The lowest BCUT2D eigenvalue weighted by Crippen LogP contribution is -2.22. The van der Waals surface area contributed by atoms with E-state index in [2.05, 4.69) is 15.9 Å². The average molecular weight is 363 g/mol. The van der Waals surface area contributed by atoms with Crippen LogP contribution in [0.5, 0.6) is 11.5 Å². The Hall–Kier alpha value is -2.01. The molecule has 0 N–H and O–H groups in total. The minimum atomic E-state index is -0.427. The Balaban J connectivity index is 2.11. The first kappa shape index (κ1) is 14.9. The van der Waals surface area contributed by atoms with Crippen LogP contribution in [0.1, 0.15) is 22.8 Å². The first-order chi connectivity index (χ1) is 10.6. The van der Waals surface area contributed by atoms with E-state index in [1.54, 1.807) is 14.2 Å². The minimum Gasteiger partial charge on any atom is -0.493 e. The molecule has 22 heavy (non-hydrogen) atoms. The van der Waals surface area contributed by atoms with E-state index < -0.39 is 6.10 Å². The van der Waals surface area contributed by atoms with Crippen molar-refractivity contribution in [3.8, 4) is 11.5 Å². The number of esters is 1. The summed E-state index contributed by atoms with van der Waals surface area (Å²) in [7, 11) is 3.17. The van der Waals surface area contributed by atoms with Crippen LogP contribution in [0, 0.1) is 0 Å². The van der Waals surface area contributed by atoms with Gasteiger partial charge in [-0.05, 0) is 35.4 Å². The van der Waals surface area contributed by atoms with Crippen molar-refractivity contribution in [3.05, 3.63) is 57.6 Å². The molecule has 0 radical (unpaired) electrons. The molecule has 4 nitrogen and oxygen atoms in total. The molecule has 1 aliphatic rings. The Kier molecular flexibility index (Phi) is 4.07. The fourth-order valence-corrected chi connectivity index (χ4v) is 2.88. The number of methoxy groups -OCH3 is 2. The van der Waals surface area contributed by atoms with E-state index >= 15 is 0 Å². The maximum absolute atomic E-state index is 11.9. The second kappa shape index (κ2) is 6.01. The number of halogens is 1. The van der Waals surface area contributed by atoms with Gasteiger partial charge in [-0.1, -0.05) is 28.1 Å². The Bertz CT molecular complexity index is 709. The Morgan fingerprint density at radius 1 is 1.09 bits per heavy atom. The second-order valence-corrected chi connectivity index (χ2v) is 5.92. The van der Waals surface area contributed by atoms with Crippen molar-refractivity contribution in [3.63, 3.8) is 0 Å². The first-order valence-electron chi connectivity index (χ1n) is 6.82. The standard InChI is InChI=1S/C17H15BrO4/c1-20-14-7-11-8-16(19)22-17(13(11)9-15(14)21-2)10-3-5-12(18)6-4-10/h3-7,9,17H,8H2,1-2H3/t17-/m0/s1. The molecule has 0 bridgehead atoms. The molecule has 0 fully saturated rings. The van der Waals surface area contributed by atoms with Crippen molar-refractivity contribution < 1.29 is 19.0 Å². The van der Waals surface area contributed by atoms with Crippen molar-refractivity contribution in [1.82, 2.24) is 0 Å². The second-order valence-electron chi connectivity index (χ2n) is 5.00. The molecule has 2 aromatic carbocycles. The fourth-order valence-electron chi connectivity index (χ4n) is 2.61. The van der Waals surface area contributed by atoms with Crippen molar-refractivity contribution in [2.75, 3.05) is 14.2 Å². The van der Waals surface area contributed by atoms with E-state index in [9.17, 15) is 4.79 Å². The highest BCUT2D eigenvalue weighted by molar-refractivity contribution is 9.10. The SMILES string of the molecule is COc1cc2c(cc1OC)[C@H](c1ccc(Br)cc1)OC(=O)C2. The number of rotatable bonds is 3. The van der Waals surface area contributed by atoms with Gasteiger partial charge < -0.3 is 14.2 Å². The number of carbonyl (C=O) groups excluding carboxylic acids is 1. The van der Waals surface area contributed by atoms with Crippen LogP contribution in [-0.4, -0.2) is 20.2 Å². The summed E-state index contributed by atoms with van der Waals surface area (Å²) in [5.41, 5.74) is 2.76. The van der Waals surface area contributed by atoms with Gasteiger partial charge in [-0.25, -0.2) is 0 Å². The number of benzene rings is 2. The smallest absolute Gasteiger partial charge is 0.311 e. The highest BCUT2D eigenvalue weighted by Gasteiger charge is 2.29. The van der Waals surface area contributed by atoms with Crippen LogP contribution in [0.3, 0.4) is 0 Å². The predicted molar refractivity (Wildman–Crippen MR) is 85.3 cm³/mol. The predicted octanol–water partition coefficient (Wildman–Crippen LogP) is 3.66. The van der Waals surface area contributed by atoms with E-state index in [1.807, 2.05) is 36.4 Å². The topological polar surface area (TPSA) is 44.8 Å². The summed E-state index contributed by atoms with van der Waals surface area (Å²) >= 11 is 3.41. The molecule has 0 saturated heterocycles. The van der Waals surface area contributed by atoms with Gasteiger partial charge in [0.2, 0.25) is 0 Å². The average Bonchev–Trinajstić information content (AvgIpc) is 2.53. The normalized spacial score (nSPS) is 16.7. The lowest BCUT2D eigenvalue weighted by molar-refractivity contribution is -0.148. The van der Waals surface area contributed by atoms with Crippen LogP contribution in [0.15, 0.2) is 40.9 Å². The monoisotopic (exact) mass is 362 g/mol. The summed E-state index contributed by atoms with van der Waals surface area (Å²) in [6.07, 6.45) is -0.188. The summed E-state index contributed by atoms with van der Waals surface area (Å²) in [6.45, 7) is 0. The lowest BCUT2D eigenvalue weighted by Gasteiger charge is -2.27. The Morgan fingerprint density at radius 3 is 2.36 bits per heavy atom. The zero-order valence-electron chi connectivity index (χ0n) is 12.3. The highest BCUT2D eigenvalue weighted by atomic mass is 79.9. The van der Waals surface area contributed by atoms with Gasteiger partial charge in [-0.3, -0.25) is 4.79 Å². The molecule has 0 aliphatic carbocycles. The van der Waals surface area contributed by atoms with Crippen molar-refractivity contribution in [2.45, 2.75) is 12.5 Å². The van der Waals surface area contributed by atoms with E-state index in [0.717, 1.165) is 21.2 Å². The van der Waals surface area contributed by atoms with Gasteiger partial charge in [0.05, 0.1) is 20.6 Å². The van der Waals surface area contributed by atoms with Gasteiger partial charge in [-0.2, -0.15) is 0 Å². The Morgan fingerprint density at radius 2 is 1.73 bits per heavy atom. The molecule has 0 amide bonds. The molecule has 0 saturated carbocycles. The number of cyclic esters (lactones) is 1. The zero-order chi connectivity index (χ0) is 15.7. The minimum absolute atomic E-state index is 0.239. The van der Waals surface area contributed by atoms with Crippen molar-refractivity contribution in [2.24, 2.45) is 0 Å². The van der Waals surface area contributed by atoms with E-state index in [1.165, 1.54) is 0 Å². The highest BCUT2D eigenvalue weighted by Crippen LogP contribution is 2.40. The molecule has 0 aromatic heterocycles. The van der Waals surface area contributed by atoms with Gasteiger partial charge in [-0.15, -0.1) is 0 Å². The molecule has 3 rings (SSSR count). The van der Waals surface area contributed by atoms with Crippen molar-refractivity contribution in [1.29, 1.82) is 0 Å². The van der Waals surface area contributed by atoms with Crippen LogP contribution >= 0.6 is 15.9 Å². The van der Waals surface area contributed by atoms with Crippen LogP contribution in [-0.2, 0) is 16.0 Å². The van der Waals surface area contributed by atoms with E-state index in [-0.39, 0.29) is 12.4 Å². The van der Waals surface area contributed by atoms with Gasteiger partial charge in [0.25, 0.3) is 0 Å². The molecule has 1 aliphatic heterocycles. The lowest BCUT2D eigenvalue weighted by atomic mass is 9.92. The van der Waals surface area contributed by atoms with Crippen LogP contribution < -0.4 is 9.47 Å². The molecule has 0 spiro atoms. The van der Waals surface area contributed by atoms with Crippen LogP contribution in [0.4, 0.5) is 0 Å². The molecule has 2 aromatic rings. The molecule has 5 heteroatoms. The van der Waals surface area contributed by atoms with Crippen molar-refractivity contribution >= 4 is 21.9 Å². The third-order valence-electron chi connectivity index (χ3n) is 3.68. The molecule has 1 atom stereocenters. The van der Waals surface area contributed by atoms with E-state index in [4.69, 9.17) is 14.2 Å². The number of ether oxygens (including phenoxy) is 3. The number of hydrogen-bond donors (Lipinski definition) is 0.